The highest BCUT2D eigenvalue weighted by Gasteiger charge is 2.23. The number of carbonyl (C=O) groups is 1. The first-order valence-corrected chi connectivity index (χ1v) is 7.67. The van der Waals surface area contributed by atoms with Crippen LogP contribution in [0.3, 0.4) is 0 Å². The lowest BCUT2D eigenvalue weighted by atomic mass is 10.1. The molecule has 108 valence electrons. The predicted molar refractivity (Wildman–Crippen MR) is 83.7 cm³/mol. The number of benzene rings is 1. The Bertz CT molecular complexity index is 553. The van der Waals surface area contributed by atoms with Gasteiger partial charge in [-0.3, -0.25) is 9.79 Å². The fourth-order valence-corrected chi connectivity index (χ4v) is 2.99. The first kappa shape index (κ1) is 14.9. The van der Waals surface area contributed by atoms with Crippen molar-refractivity contribution < 1.29 is 9.53 Å². The predicted octanol–water partition coefficient (Wildman–Crippen LogP) is 3.28. The number of amides is 1. The molecule has 0 radical (unpaired) electrons. The third kappa shape index (κ3) is 3.15. The Labute approximate surface area is 124 Å². The van der Waals surface area contributed by atoms with E-state index >= 15 is 0 Å². The van der Waals surface area contributed by atoms with E-state index in [0.29, 0.717) is 23.8 Å². The number of rotatable bonds is 4. The zero-order valence-corrected chi connectivity index (χ0v) is 13.1. The quantitative estimate of drug-likeness (QED) is 0.926. The minimum atomic E-state index is -0.0883. The fourth-order valence-electron chi connectivity index (χ4n) is 1.97. The highest BCUT2D eigenvalue weighted by atomic mass is 32.2. The third-order valence-corrected chi connectivity index (χ3v) is 4.22. The molecule has 0 saturated heterocycles. The van der Waals surface area contributed by atoms with Crippen LogP contribution in [0.1, 0.15) is 31.1 Å². The molecule has 0 fully saturated rings. The molecule has 2 rings (SSSR count). The van der Waals surface area contributed by atoms with Crippen LogP contribution < -0.4 is 10.1 Å². The molecule has 1 aromatic rings. The van der Waals surface area contributed by atoms with Crippen molar-refractivity contribution in [3.8, 4) is 5.75 Å². The number of nitrogens with one attached hydrogen (secondary N) is 1. The maximum atomic E-state index is 12.4. The second-order valence-electron chi connectivity index (χ2n) is 5.23. The molecule has 1 N–H and O–H groups in total. The van der Waals surface area contributed by atoms with Gasteiger partial charge < -0.3 is 10.1 Å². The number of hydrogen-bond donors (Lipinski definition) is 1. The zero-order chi connectivity index (χ0) is 14.7. The van der Waals surface area contributed by atoms with E-state index < -0.39 is 0 Å². The van der Waals surface area contributed by atoms with E-state index in [2.05, 4.69) is 24.2 Å². The van der Waals surface area contributed by atoms with E-state index in [1.807, 2.05) is 19.1 Å². The summed E-state index contributed by atoms with van der Waals surface area (Å²) in [7, 11) is 1.59. The Hall–Kier alpha value is -1.49. The lowest BCUT2D eigenvalue weighted by Gasteiger charge is -2.19. The van der Waals surface area contributed by atoms with E-state index in [0.717, 1.165) is 22.0 Å². The molecule has 1 aromatic carbocycles. The van der Waals surface area contributed by atoms with Gasteiger partial charge in [-0.05, 0) is 25.0 Å². The van der Waals surface area contributed by atoms with Crippen LogP contribution >= 0.6 is 11.8 Å². The van der Waals surface area contributed by atoms with Gasteiger partial charge in [0.2, 0.25) is 0 Å². The number of fused-ring (bicyclic) bond motifs is 1. The Morgan fingerprint density at radius 2 is 2.25 bits per heavy atom. The smallest absolute Gasteiger partial charge is 0.256 e. The first-order valence-electron chi connectivity index (χ1n) is 6.69. The lowest BCUT2D eigenvalue weighted by Crippen LogP contribution is -2.28. The minimum absolute atomic E-state index is 0.0883. The summed E-state index contributed by atoms with van der Waals surface area (Å²) in [6.45, 7) is 6.79. The lowest BCUT2D eigenvalue weighted by molar-refractivity contribution is 0.0943. The summed E-state index contributed by atoms with van der Waals surface area (Å²) in [4.78, 5) is 17.9. The highest BCUT2D eigenvalue weighted by Crippen LogP contribution is 2.40. The van der Waals surface area contributed by atoms with Gasteiger partial charge in [0.25, 0.3) is 5.91 Å². The van der Waals surface area contributed by atoms with Crippen LogP contribution in [0.15, 0.2) is 22.0 Å². The maximum absolute atomic E-state index is 12.4. The van der Waals surface area contributed by atoms with Gasteiger partial charge in [-0.2, -0.15) is 0 Å². The number of carbonyl (C=O) groups excluding carboxylic acids is 1. The van der Waals surface area contributed by atoms with Crippen LogP contribution in [0, 0.1) is 5.92 Å². The number of methoxy groups -OCH3 is 1. The molecule has 1 aliphatic rings. The normalized spacial score (nSPS) is 13.8. The average Bonchev–Trinajstić information content (AvgIpc) is 2.43. The number of hydrogen-bond acceptors (Lipinski definition) is 4. The monoisotopic (exact) mass is 292 g/mol. The van der Waals surface area contributed by atoms with Gasteiger partial charge in [0.05, 0.1) is 18.4 Å². The molecule has 0 aromatic heterocycles. The van der Waals surface area contributed by atoms with Crippen molar-refractivity contribution in [3.63, 3.8) is 0 Å². The molecule has 1 amide bonds. The molecule has 0 saturated carbocycles. The van der Waals surface area contributed by atoms with Crippen LogP contribution in [0.25, 0.3) is 0 Å². The van der Waals surface area contributed by atoms with Crippen molar-refractivity contribution in [2.24, 2.45) is 10.9 Å². The van der Waals surface area contributed by atoms with Gasteiger partial charge in [-0.15, -0.1) is 11.8 Å². The summed E-state index contributed by atoms with van der Waals surface area (Å²) in [6.07, 6.45) is 0. The molecule has 20 heavy (non-hydrogen) atoms. The van der Waals surface area contributed by atoms with E-state index in [4.69, 9.17) is 4.74 Å². The fraction of sp³-hybridized carbons (Fsp3) is 0.467. The summed E-state index contributed by atoms with van der Waals surface area (Å²) in [5.74, 6) is 1.74. The number of thioether (sulfide) groups is 1. The molecular weight excluding hydrogens is 272 g/mol. The van der Waals surface area contributed by atoms with Crippen molar-refractivity contribution in [2.75, 3.05) is 19.4 Å². The van der Waals surface area contributed by atoms with Crippen molar-refractivity contribution >= 4 is 29.1 Å². The molecule has 5 heteroatoms. The topological polar surface area (TPSA) is 50.7 Å². The average molecular weight is 292 g/mol. The number of ether oxygens (including phenoxy) is 1. The maximum Gasteiger partial charge on any atom is 0.256 e. The largest absolute Gasteiger partial charge is 0.496 e. The van der Waals surface area contributed by atoms with Crippen LogP contribution in [-0.4, -0.2) is 31.0 Å². The van der Waals surface area contributed by atoms with Crippen LogP contribution in [-0.2, 0) is 0 Å². The van der Waals surface area contributed by atoms with E-state index in [9.17, 15) is 4.79 Å². The van der Waals surface area contributed by atoms with Crippen molar-refractivity contribution in [2.45, 2.75) is 25.7 Å². The minimum Gasteiger partial charge on any atom is -0.496 e. The zero-order valence-electron chi connectivity index (χ0n) is 12.3. The summed E-state index contributed by atoms with van der Waals surface area (Å²) >= 11 is 1.64. The first-order chi connectivity index (χ1) is 9.52. The molecule has 1 heterocycles. The second kappa shape index (κ2) is 6.31. The van der Waals surface area contributed by atoms with Gasteiger partial charge >= 0.3 is 0 Å². The van der Waals surface area contributed by atoms with E-state index in [1.54, 1.807) is 18.9 Å². The molecule has 0 aliphatic carbocycles. The molecule has 0 atom stereocenters. The van der Waals surface area contributed by atoms with Gasteiger partial charge in [-0.1, -0.05) is 13.8 Å². The molecule has 1 aliphatic heterocycles. The number of nitrogens with zero attached hydrogens (tertiary/aromatic N) is 1. The van der Waals surface area contributed by atoms with Gasteiger partial charge in [0.1, 0.15) is 5.75 Å². The Balaban J connectivity index is 2.40. The van der Waals surface area contributed by atoms with Gasteiger partial charge in [-0.25, -0.2) is 0 Å². The second-order valence-corrected chi connectivity index (χ2v) is 6.22. The van der Waals surface area contributed by atoms with Crippen molar-refractivity contribution in [1.82, 2.24) is 5.32 Å². The molecule has 0 spiro atoms. The molecular formula is C15H20N2O2S. The Morgan fingerprint density at radius 1 is 1.50 bits per heavy atom. The molecule has 0 bridgehead atoms. The molecule has 0 unspecified atom stereocenters. The Kier molecular flexibility index (Phi) is 4.70. The van der Waals surface area contributed by atoms with Crippen LogP contribution in [0.5, 0.6) is 5.75 Å². The standard InChI is InChI=1S/C15H20N2O2S/c1-9(2)7-16-15(18)13-12(19-4)6-5-11-14(13)20-8-10(3)17-11/h5-6,9H,7-8H2,1-4H3,(H,16,18). The van der Waals surface area contributed by atoms with Gasteiger partial charge in [0, 0.05) is 22.9 Å². The highest BCUT2D eigenvalue weighted by molar-refractivity contribution is 8.00. The summed E-state index contributed by atoms with van der Waals surface area (Å²) in [6, 6.07) is 3.72. The summed E-state index contributed by atoms with van der Waals surface area (Å²) in [5.41, 5.74) is 2.53. The van der Waals surface area contributed by atoms with Crippen LogP contribution in [0.2, 0.25) is 0 Å². The van der Waals surface area contributed by atoms with Crippen molar-refractivity contribution in [3.05, 3.63) is 17.7 Å². The Morgan fingerprint density at radius 3 is 2.90 bits per heavy atom. The summed E-state index contributed by atoms with van der Waals surface area (Å²) < 4.78 is 5.34. The SMILES string of the molecule is COc1ccc2c(c1C(=O)NCC(C)C)SCC(C)=N2. The van der Waals surface area contributed by atoms with Gasteiger partial charge in [0.15, 0.2) is 0 Å². The van der Waals surface area contributed by atoms with Crippen molar-refractivity contribution in [1.29, 1.82) is 0 Å². The third-order valence-electron chi connectivity index (χ3n) is 2.95. The number of aliphatic imine (C=N–C) groups is 1. The summed E-state index contributed by atoms with van der Waals surface area (Å²) in [5, 5.41) is 2.95. The molecule has 4 nitrogen and oxygen atoms in total. The van der Waals surface area contributed by atoms with Crippen LogP contribution in [0.4, 0.5) is 5.69 Å². The van der Waals surface area contributed by atoms with E-state index in [-0.39, 0.29) is 5.91 Å². The van der Waals surface area contributed by atoms with E-state index in [1.165, 1.54) is 0 Å².